The maximum atomic E-state index is 11.9. The van der Waals surface area contributed by atoms with Gasteiger partial charge in [0.15, 0.2) is 0 Å². The number of sulfonamides is 1. The summed E-state index contributed by atoms with van der Waals surface area (Å²) >= 11 is 0. The second-order valence-electron chi connectivity index (χ2n) is 4.57. The normalized spacial score (nSPS) is 13.2. The number of anilines is 1. The highest BCUT2D eigenvalue weighted by molar-refractivity contribution is 7.89. The number of hydrogen-bond donors (Lipinski definition) is 2. The third kappa shape index (κ3) is 5.48. The molecule has 0 aromatic heterocycles. The summed E-state index contributed by atoms with van der Waals surface area (Å²) in [5, 5.41) is 3.21. The van der Waals surface area contributed by atoms with E-state index in [4.69, 9.17) is 4.74 Å². The lowest BCUT2D eigenvalue weighted by atomic mass is 10.3. The van der Waals surface area contributed by atoms with Gasteiger partial charge in [0.25, 0.3) is 0 Å². The number of ether oxygens (including phenoxy) is 1. The third-order valence-electron chi connectivity index (χ3n) is 2.75. The second-order valence-corrected chi connectivity index (χ2v) is 6.34. The van der Waals surface area contributed by atoms with Crippen LogP contribution in [0, 0.1) is 0 Å². The summed E-state index contributed by atoms with van der Waals surface area (Å²) in [6.45, 7) is 7.70. The van der Waals surface area contributed by atoms with Gasteiger partial charge in [-0.15, -0.1) is 0 Å². The Kier molecular flexibility index (Phi) is 6.98. The fourth-order valence-electron chi connectivity index (χ4n) is 1.68. The summed E-state index contributed by atoms with van der Waals surface area (Å²) in [7, 11) is -3.38. The first-order valence-corrected chi connectivity index (χ1v) is 8.43. The minimum Gasteiger partial charge on any atom is -0.382 e. The standard InChI is InChI=1S/C14H24N2O3S/c1-4-10-16-20(17,18)14-8-6-13(7-9-14)15-11-12(3)19-5-2/h6-9,12,15-16H,4-5,10-11H2,1-3H3. The van der Waals surface area contributed by atoms with Crippen molar-refractivity contribution in [3.8, 4) is 0 Å². The molecule has 0 aliphatic heterocycles. The van der Waals surface area contributed by atoms with Gasteiger partial charge in [0.1, 0.15) is 0 Å². The molecule has 0 saturated heterocycles. The van der Waals surface area contributed by atoms with Gasteiger partial charge >= 0.3 is 0 Å². The van der Waals surface area contributed by atoms with E-state index in [0.717, 1.165) is 12.1 Å². The van der Waals surface area contributed by atoms with Crippen LogP contribution in [-0.2, 0) is 14.8 Å². The molecule has 0 saturated carbocycles. The van der Waals surface area contributed by atoms with Gasteiger partial charge in [-0.2, -0.15) is 0 Å². The van der Waals surface area contributed by atoms with E-state index in [0.29, 0.717) is 19.7 Å². The van der Waals surface area contributed by atoms with Crippen LogP contribution in [-0.4, -0.2) is 34.2 Å². The summed E-state index contributed by atoms with van der Waals surface area (Å²) in [6, 6.07) is 6.73. The Morgan fingerprint density at radius 3 is 2.40 bits per heavy atom. The van der Waals surface area contributed by atoms with Crippen molar-refractivity contribution < 1.29 is 13.2 Å². The van der Waals surface area contributed by atoms with Crippen LogP contribution in [0.5, 0.6) is 0 Å². The number of benzene rings is 1. The Bertz CT molecular complexity index is 486. The second kappa shape index (κ2) is 8.24. The molecular weight excluding hydrogens is 276 g/mol. The van der Waals surface area contributed by atoms with Gasteiger partial charge in [-0.3, -0.25) is 0 Å². The molecule has 0 aliphatic rings. The average Bonchev–Trinajstić information content (AvgIpc) is 2.44. The molecule has 0 spiro atoms. The molecule has 0 amide bonds. The largest absolute Gasteiger partial charge is 0.382 e. The van der Waals surface area contributed by atoms with Gasteiger partial charge in [-0.1, -0.05) is 6.92 Å². The summed E-state index contributed by atoms with van der Waals surface area (Å²) in [6.07, 6.45) is 0.892. The predicted octanol–water partition coefficient (Wildman–Crippen LogP) is 2.21. The molecule has 2 N–H and O–H groups in total. The van der Waals surface area contributed by atoms with E-state index in [1.54, 1.807) is 24.3 Å². The van der Waals surface area contributed by atoms with Crippen LogP contribution in [0.25, 0.3) is 0 Å². The van der Waals surface area contributed by atoms with Crippen molar-refractivity contribution in [1.29, 1.82) is 0 Å². The highest BCUT2D eigenvalue weighted by Crippen LogP contribution is 2.14. The van der Waals surface area contributed by atoms with Crippen molar-refractivity contribution in [3.05, 3.63) is 24.3 Å². The molecular formula is C14H24N2O3S. The average molecular weight is 300 g/mol. The van der Waals surface area contributed by atoms with Gasteiger partial charge in [-0.25, -0.2) is 13.1 Å². The Hall–Kier alpha value is -1.11. The lowest BCUT2D eigenvalue weighted by Gasteiger charge is -2.14. The van der Waals surface area contributed by atoms with Gasteiger partial charge in [0.05, 0.1) is 11.0 Å². The molecule has 0 radical (unpaired) electrons. The minimum absolute atomic E-state index is 0.120. The minimum atomic E-state index is -3.38. The smallest absolute Gasteiger partial charge is 0.240 e. The van der Waals surface area contributed by atoms with Crippen molar-refractivity contribution in [2.75, 3.05) is 25.0 Å². The summed E-state index contributed by atoms with van der Waals surface area (Å²) in [5.41, 5.74) is 0.881. The molecule has 0 bridgehead atoms. The first-order chi connectivity index (χ1) is 9.49. The summed E-state index contributed by atoms with van der Waals surface area (Å²) < 4.78 is 31.8. The number of hydrogen-bond acceptors (Lipinski definition) is 4. The molecule has 1 aromatic carbocycles. The summed E-state index contributed by atoms with van der Waals surface area (Å²) in [5.74, 6) is 0. The van der Waals surface area contributed by atoms with Crippen LogP contribution < -0.4 is 10.0 Å². The third-order valence-corrected chi connectivity index (χ3v) is 4.23. The number of nitrogens with one attached hydrogen (secondary N) is 2. The zero-order valence-corrected chi connectivity index (χ0v) is 13.2. The molecule has 1 aromatic rings. The predicted molar refractivity (Wildman–Crippen MR) is 81.5 cm³/mol. The molecule has 0 fully saturated rings. The van der Waals surface area contributed by atoms with E-state index in [-0.39, 0.29) is 11.0 Å². The topological polar surface area (TPSA) is 67.4 Å². The lowest BCUT2D eigenvalue weighted by Crippen LogP contribution is -2.24. The Labute approximate surface area is 121 Å². The van der Waals surface area contributed by atoms with E-state index >= 15 is 0 Å². The highest BCUT2D eigenvalue weighted by atomic mass is 32.2. The fraction of sp³-hybridized carbons (Fsp3) is 0.571. The Morgan fingerprint density at radius 2 is 1.85 bits per heavy atom. The van der Waals surface area contributed by atoms with Crippen LogP contribution in [0.4, 0.5) is 5.69 Å². The van der Waals surface area contributed by atoms with Crippen LogP contribution in [0.3, 0.4) is 0 Å². The van der Waals surface area contributed by atoms with Gasteiger partial charge in [0.2, 0.25) is 10.0 Å². The quantitative estimate of drug-likeness (QED) is 0.734. The van der Waals surface area contributed by atoms with Crippen LogP contribution in [0.1, 0.15) is 27.2 Å². The van der Waals surface area contributed by atoms with E-state index < -0.39 is 10.0 Å². The summed E-state index contributed by atoms with van der Waals surface area (Å²) in [4.78, 5) is 0.286. The SMILES string of the molecule is CCCNS(=O)(=O)c1ccc(NCC(C)OCC)cc1. The van der Waals surface area contributed by atoms with Crippen molar-refractivity contribution >= 4 is 15.7 Å². The molecule has 114 valence electrons. The van der Waals surface area contributed by atoms with Gasteiger partial charge < -0.3 is 10.1 Å². The van der Waals surface area contributed by atoms with Crippen molar-refractivity contribution in [3.63, 3.8) is 0 Å². The van der Waals surface area contributed by atoms with Crippen molar-refractivity contribution in [2.24, 2.45) is 0 Å². The molecule has 0 heterocycles. The molecule has 6 heteroatoms. The van der Waals surface area contributed by atoms with E-state index in [1.165, 1.54) is 0 Å². The zero-order chi connectivity index (χ0) is 15.0. The van der Waals surface area contributed by atoms with E-state index in [9.17, 15) is 8.42 Å². The monoisotopic (exact) mass is 300 g/mol. The molecule has 20 heavy (non-hydrogen) atoms. The van der Waals surface area contributed by atoms with E-state index in [2.05, 4.69) is 10.0 Å². The molecule has 1 atom stereocenters. The zero-order valence-electron chi connectivity index (χ0n) is 12.3. The first kappa shape index (κ1) is 16.9. The maximum absolute atomic E-state index is 11.9. The number of rotatable bonds is 9. The first-order valence-electron chi connectivity index (χ1n) is 6.94. The van der Waals surface area contributed by atoms with Crippen LogP contribution in [0.2, 0.25) is 0 Å². The highest BCUT2D eigenvalue weighted by Gasteiger charge is 2.12. The molecule has 0 aliphatic carbocycles. The van der Waals surface area contributed by atoms with Crippen molar-refractivity contribution in [2.45, 2.75) is 38.2 Å². The van der Waals surface area contributed by atoms with Crippen molar-refractivity contribution in [1.82, 2.24) is 4.72 Å². The Balaban J connectivity index is 2.60. The molecule has 1 rings (SSSR count). The van der Waals surface area contributed by atoms with E-state index in [1.807, 2.05) is 20.8 Å². The molecule has 1 unspecified atom stereocenters. The fourth-order valence-corrected chi connectivity index (χ4v) is 2.81. The lowest BCUT2D eigenvalue weighted by molar-refractivity contribution is 0.0855. The maximum Gasteiger partial charge on any atom is 0.240 e. The van der Waals surface area contributed by atoms with Gasteiger partial charge in [-0.05, 0) is 44.5 Å². The van der Waals surface area contributed by atoms with Gasteiger partial charge in [0, 0.05) is 25.4 Å². The van der Waals surface area contributed by atoms with Crippen LogP contribution in [0.15, 0.2) is 29.2 Å². The molecule has 5 nitrogen and oxygen atoms in total. The van der Waals surface area contributed by atoms with Crippen LogP contribution >= 0.6 is 0 Å². The Morgan fingerprint density at radius 1 is 1.20 bits per heavy atom.